The molecular formula is C13H16NO3-. The monoisotopic (exact) mass is 234 g/mol. The number of benzene rings is 1. The molecular weight excluding hydrogens is 218 g/mol. The molecule has 0 bridgehead atoms. The third-order valence-corrected chi connectivity index (χ3v) is 2.53. The molecule has 4 nitrogen and oxygen atoms in total. The van der Waals surface area contributed by atoms with Crippen molar-refractivity contribution in [2.24, 2.45) is 0 Å². The van der Waals surface area contributed by atoms with Crippen LogP contribution in [-0.2, 0) is 9.59 Å². The van der Waals surface area contributed by atoms with Crippen molar-refractivity contribution in [1.29, 1.82) is 0 Å². The Morgan fingerprint density at radius 2 is 1.76 bits per heavy atom. The third kappa shape index (κ3) is 4.26. The summed E-state index contributed by atoms with van der Waals surface area (Å²) in [4.78, 5) is 21.8. The van der Waals surface area contributed by atoms with Crippen LogP contribution in [0.2, 0.25) is 0 Å². The number of aliphatic carboxylic acids is 1. The smallest absolute Gasteiger partial charge is 0.224 e. The van der Waals surface area contributed by atoms with E-state index in [-0.39, 0.29) is 18.7 Å². The second kappa shape index (κ2) is 6.03. The van der Waals surface area contributed by atoms with Gasteiger partial charge in [-0.05, 0) is 37.8 Å². The van der Waals surface area contributed by atoms with E-state index in [1.54, 1.807) is 0 Å². The molecule has 92 valence electrons. The minimum Gasteiger partial charge on any atom is -0.550 e. The minimum atomic E-state index is -1.12. The van der Waals surface area contributed by atoms with Crippen molar-refractivity contribution >= 4 is 17.6 Å². The van der Waals surface area contributed by atoms with Gasteiger partial charge in [0.2, 0.25) is 5.91 Å². The van der Waals surface area contributed by atoms with Crippen LogP contribution < -0.4 is 10.4 Å². The Kier molecular flexibility index (Phi) is 4.69. The Balaban J connectivity index is 2.53. The van der Waals surface area contributed by atoms with Gasteiger partial charge in [0, 0.05) is 18.1 Å². The number of carbonyl (C=O) groups is 2. The molecule has 0 aliphatic rings. The lowest BCUT2D eigenvalue weighted by Gasteiger charge is -2.11. The standard InChI is InChI=1S/C13H17NO3/c1-9-5-3-6-10(2)13(9)14-11(15)7-4-8-12(16)17/h3,5-6H,4,7-8H2,1-2H3,(H,14,15)(H,16,17)/p-1. The fraction of sp³-hybridized carbons (Fsp3) is 0.385. The van der Waals surface area contributed by atoms with Crippen molar-refractivity contribution in [3.8, 4) is 0 Å². The molecule has 0 saturated carbocycles. The zero-order chi connectivity index (χ0) is 12.8. The molecule has 1 aromatic carbocycles. The molecule has 0 atom stereocenters. The van der Waals surface area contributed by atoms with Gasteiger partial charge in [-0.25, -0.2) is 0 Å². The van der Waals surface area contributed by atoms with E-state index in [1.807, 2.05) is 32.0 Å². The number of anilines is 1. The predicted molar refractivity (Wildman–Crippen MR) is 63.4 cm³/mol. The van der Waals surface area contributed by atoms with Crippen molar-refractivity contribution in [2.45, 2.75) is 33.1 Å². The van der Waals surface area contributed by atoms with Gasteiger partial charge in [0.15, 0.2) is 0 Å². The van der Waals surface area contributed by atoms with Crippen LogP contribution in [0.3, 0.4) is 0 Å². The van der Waals surface area contributed by atoms with Crippen molar-refractivity contribution < 1.29 is 14.7 Å². The summed E-state index contributed by atoms with van der Waals surface area (Å²) in [5.74, 6) is -1.28. The summed E-state index contributed by atoms with van der Waals surface area (Å²) >= 11 is 0. The molecule has 0 unspecified atom stereocenters. The van der Waals surface area contributed by atoms with Gasteiger partial charge in [-0.3, -0.25) is 4.79 Å². The fourth-order valence-electron chi connectivity index (χ4n) is 1.61. The van der Waals surface area contributed by atoms with E-state index in [0.29, 0.717) is 6.42 Å². The maximum Gasteiger partial charge on any atom is 0.224 e. The Hall–Kier alpha value is -1.84. The van der Waals surface area contributed by atoms with Crippen LogP contribution in [-0.4, -0.2) is 11.9 Å². The maximum absolute atomic E-state index is 11.6. The van der Waals surface area contributed by atoms with Gasteiger partial charge in [-0.2, -0.15) is 0 Å². The summed E-state index contributed by atoms with van der Waals surface area (Å²) in [5, 5.41) is 13.0. The number of para-hydroxylation sites is 1. The number of rotatable bonds is 5. The van der Waals surface area contributed by atoms with Crippen LogP contribution in [0.1, 0.15) is 30.4 Å². The van der Waals surface area contributed by atoms with Gasteiger partial charge < -0.3 is 15.2 Å². The van der Waals surface area contributed by atoms with Gasteiger partial charge in [0.1, 0.15) is 0 Å². The summed E-state index contributed by atoms with van der Waals surface area (Å²) in [7, 11) is 0. The van der Waals surface area contributed by atoms with Crippen LogP contribution in [0, 0.1) is 13.8 Å². The van der Waals surface area contributed by atoms with Crippen LogP contribution in [0.4, 0.5) is 5.69 Å². The normalized spacial score (nSPS) is 10.0. The second-order valence-corrected chi connectivity index (χ2v) is 4.04. The number of aryl methyl sites for hydroxylation is 2. The van der Waals surface area contributed by atoms with Gasteiger partial charge in [-0.15, -0.1) is 0 Å². The summed E-state index contributed by atoms with van der Waals surface area (Å²) < 4.78 is 0. The zero-order valence-corrected chi connectivity index (χ0v) is 10.1. The number of carboxylic acid groups (broad SMARTS) is 1. The highest BCUT2D eigenvalue weighted by Gasteiger charge is 2.06. The quantitative estimate of drug-likeness (QED) is 0.831. The largest absolute Gasteiger partial charge is 0.550 e. The molecule has 0 saturated heterocycles. The lowest BCUT2D eigenvalue weighted by molar-refractivity contribution is -0.305. The van der Waals surface area contributed by atoms with Gasteiger partial charge in [0.05, 0.1) is 0 Å². The lowest BCUT2D eigenvalue weighted by Crippen LogP contribution is -2.22. The first-order valence-corrected chi connectivity index (χ1v) is 5.56. The predicted octanol–water partition coefficient (Wildman–Crippen LogP) is 1.16. The molecule has 1 N–H and O–H groups in total. The molecule has 1 rings (SSSR count). The molecule has 17 heavy (non-hydrogen) atoms. The van der Waals surface area contributed by atoms with Crippen molar-refractivity contribution in [1.82, 2.24) is 0 Å². The van der Waals surface area contributed by atoms with Crippen LogP contribution in [0.5, 0.6) is 0 Å². The third-order valence-electron chi connectivity index (χ3n) is 2.53. The van der Waals surface area contributed by atoms with Gasteiger partial charge in [0.25, 0.3) is 0 Å². The fourth-order valence-corrected chi connectivity index (χ4v) is 1.61. The van der Waals surface area contributed by atoms with Crippen LogP contribution in [0.15, 0.2) is 18.2 Å². The highest BCUT2D eigenvalue weighted by Crippen LogP contribution is 2.19. The number of amides is 1. The van der Waals surface area contributed by atoms with Gasteiger partial charge >= 0.3 is 0 Å². The molecule has 1 aromatic rings. The molecule has 0 fully saturated rings. The first-order chi connectivity index (χ1) is 8.00. The van der Waals surface area contributed by atoms with Crippen molar-refractivity contribution in [2.75, 3.05) is 5.32 Å². The average Bonchev–Trinajstić information content (AvgIpc) is 2.23. The number of carboxylic acids is 1. The molecule has 0 radical (unpaired) electrons. The topological polar surface area (TPSA) is 69.2 Å². The Morgan fingerprint density at radius 1 is 1.18 bits per heavy atom. The average molecular weight is 234 g/mol. The Bertz CT molecular complexity index is 406. The molecule has 4 heteroatoms. The van der Waals surface area contributed by atoms with E-state index in [4.69, 9.17) is 0 Å². The van der Waals surface area contributed by atoms with E-state index in [2.05, 4.69) is 5.32 Å². The van der Waals surface area contributed by atoms with E-state index in [1.165, 1.54) is 0 Å². The maximum atomic E-state index is 11.6. The van der Waals surface area contributed by atoms with Gasteiger partial charge in [-0.1, -0.05) is 18.2 Å². The van der Waals surface area contributed by atoms with Crippen molar-refractivity contribution in [3.63, 3.8) is 0 Å². The van der Waals surface area contributed by atoms with Crippen LogP contribution >= 0.6 is 0 Å². The highest BCUT2D eigenvalue weighted by molar-refractivity contribution is 5.92. The van der Waals surface area contributed by atoms with Crippen molar-refractivity contribution in [3.05, 3.63) is 29.3 Å². The van der Waals surface area contributed by atoms with E-state index < -0.39 is 5.97 Å². The van der Waals surface area contributed by atoms with E-state index in [0.717, 1.165) is 16.8 Å². The second-order valence-electron chi connectivity index (χ2n) is 4.04. The minimum absolute atomic E-state index is 0.0832. The SMILES string of the molecule is Cc1cccc(C)c1NC(=O)CCCC(=O)[O-]. The first kappa shape index (κ1) is 13.2. The van der Waals surface area contributed by atoms with E-state index in [9.17, 15) is 14.7 Å². The number of nitrogens with one attached hydrogen (secondary N) is 1. The van der Waals surface area contributed by atoms with E-state index >= 15 is 0 Å². The molecule has 0 aromatic heterocycles. The van der Waals surface area contributed by atoms with Crippen LogP contribution in [0.25, 0.3) is 0 Å². The number of carbonyl (C=O) groups excluding carboxylic acids is 2. The Labute approximate surface area is 101 Å². The lowest BCUT2D eigenvalue weighted by atomic mass is 10.1. The molecule has 0 spiro atoms. The highest BCUT2D eigenvalue weighted by atomic mass is 16.4. The molecule has 1 amide bonds. The first-order valence-electron chi connectivity index (χ1n) is 5.56. The zero-order valence-electron chi connectivity index (χ0n) is 10.1. The summed E-state index contributed by atoms with van der Waals surface area (Å²) in [6, 6.07) is 5.77. The summed E-state index contributed by atoms with van der Waals surface area (Å²) in [6.45, 7) is 3.84. The number of hydrogen-bond donors (Lipinski definition) is 1. The summed E-state index contributed by atoms with van der Waals surface area (Å²) in [5.41, 5.74) is 2.81. The molecule has 0 aliphatic carbocycles. The number of hydrogen-bond acceptors (Lipinski definition) is 3. The Morgan fingerprint density at radius 3 is 2.29 bits per heavy atom. The molecule has 0 aliphatic heterocycles. The summed E-state index contributed by atoms with van der Waals surface area (Å²) in [6.07, 6.45) is 0.418. The molecule has 0 heterocycles.